The fourth-order valence-corrected chi connectivity index (χ4v) is 2.72. The van der Waals surface area contributed by atoms with E-state index in [2.05, 4.69) is 14.1 Å². The Morgan fingerprint density at radius 2 is 1.95 bits per heavy atom. The number of rotatable bonds is 2. The summed E-state index contributed by atoms with van der Waals surface area (Å²) >= 11 is 13.1. The molecule has 0 aliphatic heterocycles. The number of carbonyl (C=O) groups is 1. The van der Waals surface area contributed by atoms with Gasteiger partial charge in [-0.1, -0.05) is 23.2 Å². The Balaban J connectivity index is 1.98. The SMILES string of the molecule is Nc1ccc(C(=O)Nc2c(Cl)ccc3nsnc23)cc1Cl. The minimum Gasteiger partial charge on any atom is -0.398 e. The average Bonchev–Trinajstić information content (AvgIpc) is 2.93. The van der Waals surface area contributed by atoms with Crippen molar-refractivity contribution >= 4 is 63.2 Å². The summed E-state index contributed by atoms with van der Waals surface area (Å²) in [6.07, 6.45) is 0. The molecule has 3 rings (SSSR count). The van der Waals surface area contributed by atoms with Gasteiger partial charge in [-0.05, 0) is 30.3 Å². The van der Waals surface area contributed by atoms with Crippen molar-refractivity contribution in [3.63, 3.8) is 0 Å². The van der Waals surface area contributed by atoms with Crippen LogP contribution in [-0.4, -0.2) is 14.7 Å². The number of carbonyl (C=O) groups excluding carboxylic acids is 1. The van der Waals surface area contributed by atoms with E-state index in [-0.39, 0.29) is 5.91 Å². The van der Waals surface area contributed by atoms with Crippen molar-refractivity contribution < 1.29 is 4.79 Å². The number of nitrogen functional groups attached to an aromatic ring is 1. The Morgan fingerprint density at radius 1 is 1.14 bits per heavy atom. The number of hydrogen-bond donors (Lipinski definition) is 2. The molecule has 0 radical (unpaired) electrons. The van der Waals surface area contributed by atoms with Crippen LogP contribution in [0.2, 0.25) is 10.0 Å². The molecule has 0 unspecified atom stereocenters. The summed E-state index contributed by atoms with van der Waals surface area (Å²) in [5.74, 6) is -0.348. The zero-order valence-electron chi connectivity index (χ0n) is 10.4. The van der Waals surface area contributed by atoms with Crippen LogP contribution in [0.1, 0.15) is 10.4 Å². The van der Waals surface area contributed by atoms with Crippen LogP contribution in [0.3, 0.4) is 0 Å². The van der Waals surface area contributed by atoms with Gasteiger partial charge in [-0.2, -0.15) is 8.75 Å². The van der Waals surface area contributed by atoms with Crippen LogP contribution in [0.25, 0.3) is 11.0 Å². The zero-order chi connectivity index (χ0) is 15.0. The predicted octanol–water partition coefficient (Wildman–Crippen LogP) is 3.83. The normalized spacial score (nSPS) is 10.8. The Labute approximate surface area is 134 Å². The van der Waals surface area contributed by atoms with Crippen molar-refractivity contribution in [2.24, 2.45) is 0 Å². The minimum absolute atomic E-state index is 0.322. The summed E-state index contributed by atoms with van der Waals surface area (Å²) in [6, 6.07) is 8.07. The first-order valence-electron chi connectivity index (χ1n) is 5.83. The molecule has 8 heteroatoms. The topological polar surface area (TPSA) is 80.9 Å². The van der Waals surface area contributed by atoms with Crippen molar-refractivity contribution in [2.75, 3.05) is 11.1 Å². The summed E-state index contributed by atoms with van der Waals surface area (Å²) in [7, 11) is 0. The highest BCUT2D eigenvalue weighted by Crippen LogP contribution is 2.30. The molecular formula is C13H8Cl2N4OS. The van der Waals surface area contributed by atoms with Crippen molar-refractivity contribution in [3.05, 3.63) is 45.9 Å². The highest BCUT2D eigenvalue weighted by atomic mass is 35.5. The fraction of sp³-hybridized carbons (Fsp3) is 0. The second-order valence-corrected chi connectivity index (χ2v) is 5.59. The number of fused-ring (bicyclic) bond motifs is 1. The third-order valence-corrected chi connectivity index (χ3v) is 4.06. The molecule has 0 bridgehead atoms. The highest BCUT2D eigenvalue weighted by Gasteiger charge is 2.14. The quantitative estimate of drug-likeness (QED) is 0.695. The van der Waals surface area contributed by atoms with Gasteiger partial charge in [0.1, 0.15) is 11.0 Å². The lowest BCUT2D eigenvalue weighted by Gasteiger charge is -2.08. The van der Waals surface area contributed by atoms with Crippen molar-refractivity contribution in [2.45, 2.75) is 0 Å². The van der Waals surface area contributed by atoms with Crippen LogP contribution in [0.5, 0.6) is 0 Å². The lowest BCUT2D eigenvalue weighted by Crippen LogP contribution is -2.12. The maximum absolute atomic E-state index is 12.3. The molecule has 3 aromatic rings. The van der Waals surface area contributed by atoms with Gasteiger partial charge >= 0.3 is 0 Å². The standard InChI is InChI=1S/C13H8Cl2N4OS/c14-7-2-4-10-12(19-21-18-10)11(7)17-13(20)6-1-3-9(16)8(15)5-6/h1-5H,16H2,(H,17,20). The van der Waals surface area contributed by atoms with Gasteiger partial charge in [0.25, 0.3) is 5.91 Å². The largest absolute Gasteiger partial charge is 0.398 e. The van der Waals surface area contributed by atoms with Crippen LogP contribution < -0.4 is 11.1 Å². The molecule has 5 nitrogen and oxygen atoms in total. The monoisotopic (exact) mass is 338 g/mol. The summed E-state index contributed by atoms with van der Waals surface area (Å²) < 4.78 is 8.25. The van der Waals surface area contributed by atoms with Crippen molar-refractivity contribution in [3.8, 4) is 0 Å². The molecule has 21 heavy (non-hydrogen) atoms. The van der Waals surface area contributed by atoms with Gasteiger partial charge in [0.05, 0.1) is 33.1 Å². The smallest absolute Gasteiger partial charge is 0.255 e. The van der Waals surface area contributed by atoms with Crippen LogP contribution in [-0.2, 0) is 0 Å². The number of amides is 1. The predicted molar refractivity (Wildman–Crippen MR) is 86.2 cm³/mol. The van der Waals surface area contributed by atoms with Gasteiger partial charge in [-0.3, -0.25) is 4.79 Å². The van der Waals surface area contributed by atoms with E-state index in [1.807, 2.05) is 0 Å². The highest BCUT2D eigenvalue weighted by molar-refractivity contribution is 7.00. The summed E-state index contributed by atoms with van der Waals surface area (Å²) in [5, 5.41) is 3.45. The van der Waals surface area contributed by atoms with E-state index in [0.717, 1.165) is 11.7 Å². The lowest BCUT2D eigenvalue weighted by atomic mass is 10.2. The van der Waals surface area contributed by atoms with Crippen LogP contribution >= 0.6 is 34.9 Å². The van der Waals surface area contributed by atoms with Gasteiger partial charge in [0.2, 0.25) is 0 Å². The number of hydrogen-bond acceptors (Lipinski definition) is 5. The number of aromatic nitrogens is 2. The Bertz CT molecular complexity index is 849. The molecule has 0 atom stereocenters. The lowest BCUT2D eigenvalue weighted by molar-refractivity contribution is 0.102. The first kappa shape index (κ1) is 14.1. The number of anilines is 2. The molecular weight excluding hydrogens is 331 g/mol. The van der Waals surface area contributed by atoms with Crippen LogP contribution in [0.15, 0.2) is 30.3 Å². The number of halogens is 2. The molecule has 0 fully saturated rings. The molecule has 0 saturated carbocycles. The number of benzene rings is 2. The molecule has 0 saturated heterocycles. The summed E-state index contributed by atoms with van der Waals surface area (Å²) in [4.78, 5) is 12.3. The first-order chi connectivity index (χ1) is 10.1. The van der Waals surface area contributed by atoms with Crippen LogP contribution in [0, 0.1) is 0 Å². The second-order valence-electron chi connectivity index (χ2n) is 4.24. The minimum atomic E-state index is -0.348. The molecule has 106 valence electrons. The van der Waals surface area contributed by atoms with Gasteiger partial charge in [-0.15, -0.1) is 0 Å². The van der Waals surface area contributed by atoms with Gasteiger partial charge in [-0.25, -0.2) is 0 Å². The molecule has 2 aromatic carbocycles. The van der Waals surface area contributed by atoms with Crippen molar-refractivity contribution in [1.29, 1.82) is 0 Å². The molecule has 0 aliphatic rings. The molecule has 1 aromatic heterocycles. The summed E-state index contributed by atoms with van der Waals surface area (Å²) in [6.45, 7) is 0. The Morgan fingerprint density at radius 3 is 2.71 bits per heavy atom. The second kappa shape index (κ2) is 5.48. The molecule has 0 aliphatic carbocycles. The number of nitrogens with two attached hydrogens (primary N) is 1. The Hall–Kier alpha value is -1.89. The third-order valence-electron chi connectivity index (χ3n) is 2.88. The van der Waals surface area contributed by atoms with E-state index in [0.29, 0.717) is 38.0 Å². The van der Waals surface area contributed by atoms with Gasteiger partial charge < -0.3 is 11.1 Å². The Kier molecular flexibility index (Phi) is 3.67. The van der Waals surface area contributed by atoms with Crippen molar-refractivity contribution in [1.82, 2.24) is 8.75 Å². The maximum Gasteiger partial charge on any atom is 0.255 e. The molecule has 3 N–H and O–H groups in total. The van der Waals surface area contributed by atoms with E-state index in [4.69, 9.17) is 28.9 Å². The van der Waals surface area contributed by atoms with Gasteiger partial charge in [0.15, 0.2) is 0 Å². The van der Waals surface area contributed by atoms with E-state index in [1.54, 1.807) is 24.3 Å². The van der Waals surface area contributed by atoms with Crippen LogP contribution in [0.4, 0.5) is 11.4 Å². The molecule has 0 spiro atoms. The maximum atomic E-state index is 12.3. The van der Waals surface area contributed by atoms with E-state index in [1.165, 1.54) is 6.07 Å². The van der Waals surface area contributed by atoms with Gasteiger partial charge in [0, 0.05) is 5.56 Å². The van der Waals surface area contributed by atoms with E-state index in [9.17, 15) is 4.79 Å². The van der Waals surface area contributed by atoms with E-state index < -0.39 is 0 Å². The zero-order valence-corrected chi connectivity index (χ0v) is 12.8. The third kappa shape index (κ3) is 2.65. The fourth-order valence-electron chi connectivity index (χ4n) is 1.80. The average molecular weight is 339 g/mol. The molecule has 1 amide bonds. The number of nitrogens with one attached hydrogen (secondary N) is 1. The number of nitrogens with zero attached hydrogens (tertiary/aromatic N) is 2. The summed E-state index contributed by atoms with van der Waals surface area (Å²) in [5.41, 5.74) is 8.08. The first-order valence-corrected chi connectivity index (χ1v) is 7.32. The molecule has 1 heterocycles. The van der Waals surface area contributed by atoms with E-state index >= 15 is 0 Å².